The van der Waals surface area contributed by atoms with E-state index in [0.29, 0.717) is 24.8 Å². The Bertz CT molecular complexity index is 513. The number of hydrogen-bond acceptors (Lipinski definition) is 6. The van der Waals surface area contributed by atoms with Crippen LogP contribution in [0.1, 0.15) is 30.6 Å². The molecule has 2 fully saturated rings. The molecule has 1 N–H and O–H groups in total. The molecular formula is C12H17N5O3. The highest BCUT2D eigenvalue weighted by atomic mass is 16.5. The van der Waals surface area contributed by atoms with E-state index in [-0.39, 0.29) is 24.5 Å². The van der Waals surface area contributed by atoms with E-state index in [1.165, 1.54) is 4.90 Å². The minimum atomic E-state index is -0.304. The first kappa shape index (κ1) is 13.0. The molecular weight excluding hydrogens is 262 g/mol. The summed E-state index contributed by atoms with van der Waals surface area (Å²) < 4.78 is 5.02. The summed E-state index contributed by atoms with van der Waals surface area (Å²) >= 11 is 0. The summed E-state index contributed by atoms with van der Waals surface area (Å²) in [5, 5.41) is 6.49. The number of urea groups is 1. The third-order valence-electron chi connectivity index (χ3n) is 3.75. The molecule has 2 aliphatic rings. The maximum absolute atomic E-state index is 11.5. The molecule has 0 aromatic carbocycles. The van der Waals surface area contributed by atoms with Crippen LogP contribution in [0.2, 0.25) is 0 Å². The van der Waals surface area contributed by atoms with Gasteiger partial charge in [0.25, 0.3) is 0 Å². The molecule has 1 aromatic rings. The highest BCUT2D eigenvalue weighted by Crippen LogP contribution is 2.29. The van der Waals surface area contributed by atoms with Gasteiger partial charge in [0, 0.05) is 20.0 Å². The lowest BCUT2D eigenvalue weighted by atomic mass is 10.2. The van der Waals surface area contributed by atoms with Gasteiger partial charge in [0.1, 0.15) is 0 Å². The minimum absolute atomic E-state index is 0.103. The van der Waals surface area contributed by atoms with Crippen LogP contribution < -0.4 is 5.32 Å². The van der Waals surface area contributed by atoms with Crippen LogP contribution in [0.15, 0.2) is 4.52 Å². The van der Waals surface area contributed by atoms with Gasteiger partial charge in [-0.2, -0.15) is 4.98 Å². The summed E-state index contributed by atoms with van der Waals surface area (Å²) in [5.41, 5.74) is 0. The zero-order valence-corrected chi connectivity index (χ0v) is 11.3. The Morgan fingerprint density at radius 2 is 2.25 bits per heavy atom. The number of amides is 3. The number of hydrogen-bond donors (Lipinski definition) is 1. The molecule has 1 aromatic heterocycles. The van der Waals surface area contributed by atoms with E-state index in [2.05, 4.69) is 20.4 Å². The van der Waals surface area contributed by atoms with Crippen LogP contribution in [0.25, 0.3) is 0 Å². The van der Waals surface area contributed by atoms with Crippen LogP contribution in [-0.4, -0.2) is 58.1 Å². The van der Waals surface area contributed by atoms with Gasteiger partial charge in [-0.15, -0.1) is 0 Å². The Morgan fingerprint density at radius 3 is 2.90 bits per heavy atom. The number of aryl methyl sites for hydroxylation is 1. The number of nitrogens with zero attached hydrogens (tertiary/aromatic N) is 4. The Kier molecular flexibility index (Phi) is 3.39. The lowest BCUT2D eigenvalue weighted by Gasteiger charge is -2.23. The molecule has 0 radical (unpaired) electrons. The lowest BCUT2D eigenvalue weighted by molar-refractivity contribution is -0.125. The maximum Gasteiger partial charge on any atom is 0.324 e. The smallest absolute Gasteiger partial charge is 0.324 e. The van der Waals surface area contributed by atoms with Crippen molar-refractivity contribution in [3.63, 3.8) is 0 Å². The number of likely N-dealkylation sites (tertiary alicyclic amines) is 1. The molecule has 0 bridgehead atoms. The first-order valence-electron chi connectivity index (χ1n) is 6.77. The average molecular weight is 279 g/mol. The molecule has 0 saturated carbocycles. The highest BCUT2D eigenvalue weighted by molar-refractivity contribution is 6.01. The van der Waals surface area contributed by atoms with Gasteiger partial charge >= 0.3 is 6.03 Å². The highest BCUT2D eigenvalue weighted by Gasteiger charge is 2.33. The number of imide groups is 1. The Morgan fingerprint density at radius 1 is 1.40 bits per heavy atom. The molecule has 3 rings (SSSR count). The van der Waals surface area contributed by atoms with Gasteiger partial charge < -0.3 is 9.84 Å². The second-order valence-electron chi connectivity index (χ2n) is 5.07. The van der Waals surface area contributed by atoms with Crippen molar-refractivity contribution in [2.24, 2.45) is 0 Å². The summed E-state index contributed by atoms with van der Waals surface area (Å²) in [6.45, 7) is 3.83. The first-order valence-corrected chi connectivity index (χ1v) is 6.77. The fraction of sp³-hybridized carbons (Fsp3) is 0.667. The first-order chi connectivity index (χ1) is 9.65. The molecule has 1 atom stereocenters. The number of carbonyl (C=O) groups excluding carboxylic acids is 2. The van der Waals surface area contributed by atoms with Gasteiger partial charge in [-0.25, -0.2) is 4.79 Å². The van der Waals surface area contributed by atoms with E-state index in [1.807, 2.05) is 0 Å². The standard InChI is InChI=1S/C12H17N5O3/c1-8-14-11(15-20-8)9-3-2-4-16(9)5-6-17-10(18)7-13-12(17)19/h9H,2-7H2,1H3,(H,13,19)/t9-/m0/s1. The van der Waals surface area contributed by atoms with Crippen molar-refractivity contribution in [1.82, 2.24) is 25.3 Å². The van der Waals surface area contributed by atoms with Crippen molar-refractivity contribution in [2.75, 3.05) is 26.2 Å². The third-order valence-corrected chi connectivity index (χ3v) is 3.75. The van der Waals surface area contributed by atoms with E-state index < -0.39 is 0 Å². The molecule has 2 aliphatic heterocycles. The molecule has 108 valence electrons. The van der Waals surface area contributed by atoms with E-state index in [0.717, 1.165) is 19.4 Å². The molecule has 0 aliphatic carbocycles. The Balaban J connectivity index is 1.62. The summed E-state index contributed by atoms with van der Waals surface area (Å²) in [7, 11) is 0. The van der Waals surface area contributed by atoms with Gasteiger partial charge in [-0.3, -0.25) is 14.6 Å². The third kappa shape index (κ3) is 2.38. The van der Waals surface area contributed by atoms with Crippen molar-refractivity contribution in [3.05, 3.63) is 11.7 Å². The van der Waals surface area contributed by atoms with E-state index in [4.69, 9.17) is 4.52 Å². The summed E-state index contributed by atoms with van der Waals surface area (Å²) in [6.07, 6.45) is 2.03. The lowest BCUT2D eigenvalue weighted by Crippen LogP contribution is -2.38. The van der Waals surface area contributed by atoms with Gasteiger partial charge in [-0.05, 0) is 19.4 Å². The van der Waals surface area contributed by atoms with Crippen LogP contribution in [0.5, 0.6) is 0 Å². The predicted molar refractivity (Wildman–Crippen MR) is 67.7 cm³/mol. The van der Waals surface area contributed by atoms with Crippen molar-refractivity contribution < 1.29 is 14.1 Å². The SMILES string of the molecule is Cc1nc([C@@H]2CCCN2CCN2C(=O)CNC2=O)no1. The largest absolute Gasteiger partial charge is 0.340 e. The van der Waals surface area contributed by atoms with Gasteiger partial charge in [0.05, 0.1) is 12.6 Å². The molecule has 2 saturated heterocycles. The molecule has 0 spiro atoms. The van der Waals surface area contributed by atoms with Gasteiger partial charge in [0.15, 0.2) is 5.82 Å². The zero-order chi connectivity index (χ0) is 14.1. The van der Waals surface area contributed by atoms with Crippen LogP contribution in [0, 0.1) is 6.92 Å². The molecule has 3 heterocycles. The van der Waals surface area contributed by atoms with Gasteiger partial charge in [-0.1, -0.05) is 5.16 Å². The molecule has 3 amide bonds. The zero-order valence-electron chi connectivity index (χ0n) is 11.3. The molecule has 20 heavy (non-hydrogen) atoms. The van der Waals surface area contributed by atoms with Crippen molar-refractivity contribution in [3.8, 4) is 0 Å². The summed E-state index contributed by atoms with van der Waals surface area (Å²) in [5.74, 6) is 1.08. The summed E-state index contributed by atoms with van der Waals surface area (Å²) in [4.78, 5) is 30.7. The molecule has 8 heteroatoms. The fourth-order valence-corrected chi connectivity index (χ4v) is 2.75. The number of aromatic nitrogens is 2. The van der Waals surface area contributed by atoms with Crippen LogP contribution in [0.4, 0.5) is 4.79 Å². The normalized spacial score (nSPS) is 23.6. The van der Waals surface area contributed by atoms with Gasteiger partial charge in [0.2, 0.25) is 11.8 Å². The summed E-state index contributed by atoms with van der Waals surface area (Å²) in [6, 6.07) is -0.186. The maximum atomic E-state index is 11.5. The quantitative estimate of drug-likeness (QED) is 0.784. The van der Waals surface area contributed by atoms with Crippen LogP contribution in [-0.2, 0) is 4.79 Å². The second-order valence-corrected chi connectivity index (χ2v) is 5.07. The molecule has 0 unspecified atom stereocenters. The van der Waals surface area contributed by atoms with Crippen molar-refractivity contribution >= 4 is 11.9 Å². The second kappa shape index (κ2) is 5.20. The number of rotatable bonds is 4. The van der Waals surface area contributed by atoms with Crippen LogP contribution in [0.3, 0.4) is 0 Å². The predicted octanol–water partition coefficient (Wildman–Crippen LogP) is 0.0667. The van der Waals surface area contributed by atoms with Crippen LogP contribution >= 0.6 is 0 Å². The van der Waals surface area contributed by atoms with Crippen molar-refractivity contribution in [2.45, 2.75) is 25.8 Å². The van der Waals surface area contributed by atoms with Crippen molar-refractivity contribution in [1.29, 1.82) is 0 Å². The van der Waals surface area contributed by atoms with E-state index in [1.54, 1.807) is 6.92 Å². The average Bonchev–Trinajstić information content (AvgIpc) is 3.10. The number of carbonyl (C=O) groups is 2. The Hall–Kier alpha value is -1.96. The van der Waals surface area contributed by atoms with E-state index >= 15 is 0 Å². The molecule has 8 nitrogen and oxygen atoms in total. The minimum Gasteiger partial charge on any atom is -0.340 e. The topological polar surface area (TPSA) is 91.6 Å². The fourth-order valence-electron chi connectivity index (χ4n) is 2.75. The number of nitrogens with one attached hydrogen (secondary N) is 1. The Labute approximate surface area is 116 Å². The monoisotopic (exact) mass is 279 g/mol. The van der Waals surface area contributed by atoms with E-state index in [9.17, 15) is 9.59 Å².